The van der Waals surface area contributed by atoms with E-state index in [1.54, 1.807) is 0 Å². The third-order valence-electron chi connectivity index (χ3n) is 6.29. The molecule has 0 aromatic carbocycles. The van der Waals surface area contributed by atoms with E-state index in [1.807, 2.05) is 41.5 Å². The van der Waals surface area contributed by atoms with Gasteiger partial charge in [-0.25, -0.2) is 4.79 Å². The van der Waals surface area contributed by atoms with Gasteiger partial charge in [-0.2, -0.15) is 0 Å². The lowest BCUT2D eigenvalue weighted by atomic mass is 9.97. The molecule has 13 heteroatoms. The largest absolute Gasteiger partial charge is 0.480 e. The number of nitrogens with one attached hydrogen (secondary N) is 4. The number of carboxylic acid groups (broad SMARTS) is 1. The van der Waals surface area contributed by atoms with Crippen LogP contribution in [0.1, 0.15) is 80.6 Å². The number of nitrogens with two attached hydrogens (primary N) is 2. The summed E-state index contributed by atoms with van der Waals surface area (Å²) in [6.07, 6.45) is 0.818. The molecule has 0 unspecified atom stereocenters. The molecule has 0 heterocycles. The summed E-state index contributed by atoms with van der Waals surface area (Å²) in [7, 11) is 0. The molecule has 0 saturated carbocycles. The van der Waals surface area contributed by atoms with E-state index in [0.29, 0.717) is 12.8 Å². The van der Waals surface area contributed by atoms with E-state index in [2.05, 4.69) is 21.3 Å². The van der Waals surface area contributed by atoms with Crippen molar-refractivity contribution in [3.8, 4) is 0 Å². The highest BCUT2D eigenvalue weighted by atomic mass is 16.4. The number of amides is 5. The van der Waals surface area contributed by atoms with Crippen LogP contribution in [-0.2, 0) is 28.8 Å². The van der Waals surface area contributed by atoms with Gasteiger partial charge in [0.05, 0.1) is 6.04 Å². The van der Waals surface area contributed by atoms with Gasteiger partial charge in [0, 0.05) is 6.42 Å². The van der Waals surface area contributed by atoms with Gasteiger partial charge in [0.25, 0.3) is 0 Å². The van der Waals surface area contributed by atoms with Crippen LogP contribution in [-0.4, -0.2) is 70.8 Å². The molecule has 0 saturated heterocycles. The molecule has 0 aromatic rings. The Hall–Kier alpha value is -3.22. The molecule has 0 spiro atoms. The maximum atomic E-state index is 13.2. The third kappa shape index (κ3) is 13.9. The van der Waals surface area contributed by atoms with E-state index >= 15 is 0 Å². The summed E-state index contributed by atoms with van der Waals surface area (Å²) >= 11 is 0. The first kappa shape index (κ1) is 35.8. The fraction of sp³-hybridized carbons (Fsp3) is 0.769. The van der Waals surface area contributed by atoms with E-state index in [4.69, 9.17) is 11.5 Å². The lowest BCUT2D eigenvalue weighted by molar-refractivity contribution is -0.142. The van der Waals surface area contributed by atoms with Gasteiger partial charge in [-0.05, 0) is 43.9 Å². The zero-order chi connectivity index (χ0) is 30.4. The second-order valence-electron chi connectivity index (χ2n) is 10.9. The van der Waals surface area contributed by atoms with Crippen molar-refractivity contribution < 1.29 is 33.9 Å². The number of primary amides is 1. The Morgan fingerprint density at radius 1 is 0.692 bits per heavy atom. The van der Waals surface area contributed by atoms with Crippen LogP contribution in [0, 0.1) is 17.8 Å². The molecule has 6 atom stereocenters. The summed E-state index contributed by atoms with van der Waals surface area (Å²) in [6, 6.07) is -5.23. The van der Waals surface area contributed by atoms with E-state index < -0.39 is 65.7 Å². The summed E-state index contributed by atoms with van der Waals surface area (Å²) in [5.74, 6) is -4.53. The predicted molar refractivity (Wildman–Crippen MR) is 146 cm³/mol. The minimum Gasteiger partial charge on any atom is -0.480 e. The minimum absolute atomic E-state index is 0.00709. The zero-order valence-electron chi connectivity index (χ0n) is 24.2. The molecule has 13 nitrogen and oxygen atoms in total. The molecule has 0 rings (SSSR count). The van der Waals surface area contributed by atoms with Crippen molar-refractivity contribution >= 4 is 35.5 Å². The predicted octanol–water partition coefficient (Wildman–Crippen LogP) is -0.239. The van der Waals surface area contributed by atoms with Crippen molar-refractivity contribution in [1.29, 1.82) is 0 Å². The number of carbonyl (C=O) groups excluding carboxylic acids is 5. The second kappa shape index (κ2) is 17.4. The van der Waals surface area contributed by atoms with E-state index in [0.717, 1.165) is 0 Å². The maximum absolute atomic E-state index is 13.2. The summed E-state index contributed by atoms with van der Waals surface area (Å²) in [6.45, 7) is 12.6. The van der Waals surface area contributed by atoms with Gasteiger partial charge in [-0.3, -0.25) is 24.0 Å². The Kier molecular flexibility index (Phi) is 15.9. The monoisotopic (exact) mass is 556 g/mol. The van der Waals surface area contributed by atoms with Gasteiger partial charge in [0.1, 0.15) is 24.2 Å². The van der Waals surface area contributed by atoms with Crippen molar-refractivity contribution in [2.45, 2.75) is 111 Å². The van der Waals surface area contributed by atoms with Gasteiger partial charge in [-0.1, -0.05) is 48.0 Å². The van der Waals surface area contributed by atoms with Crippen molar-refractivity contribution in [2.24, 2.45) is 29.2 Å². The molecule has 9 N–H and O–H groups in total. The Bertz CT molecular complexity index is 864. The van der Waals surface area contributed by atoms with Crippen molar-refractivity contribution in [1.82, 2.24) is 21.3 Å². The highest BCUT2D eigenvalue weighted by Gasteiger charge is 2.31. The van der Waals surface area contributed by atoms with E-state index in [1.165, 1.54) is 6.92 Å². The Morgan fingerprint density at radius 2 is 1.13 bits per heavy atom. The first-order valence-electron chi connectivity index (χ1n) is 13.5. The lowest BCUT2D eigenvalue weighted by Crippen LogP contribution is -2.58. The molecule has 0 bridgehead atoms. The highest BCUT2D eigenvalue weighted by molar-refractivity contribution is 5.95. The molecular formula is C26H48N6O7. The Labute approximate surface area is 231 Å². The molecule has 0 aliphatic carbocycles. The van der Waals surface area contributed by atoms with Crippen LogP contribution < -0.4 is 32.7 Å². The topological polar surface area (TPSA) is 223 Å². The van der Waals surface area contributed by atoms with Gasteiger partial charge >= 0.3 is 5.97 Å². The fourth-order valence-corrected chi connectivity index (χ4v) is 3.68. The van der Waals surface area contributed by atoms with Crippen LogP contribution in [0.5, 0.6) is 0 Å². The van der Waals surface area contributed by atoms with Gasteiger partial charge in [0.15, 0.2) is 0 Å². The number of rotatable bonds is 18. The quantitative estimate of drug-likeness (QED) is 0.119. The molecule has 0 radical (unpaired) electrons. The SMILES string of the molecule is CC[C@H](C)[C@H](N)C(=O)N[C@@H](CC(C)C)C(=O)N[C@@H](CC(C)C)C(=O)N[C@@H](C)C(=O)N[C@@H](CCC(N)=O)C(=O)O. The van der Waals surface area contributed by atoms with Crippen LogP contribution in [0.4, 0.5) is 0 Å². The standard InChI is InChI=1S/C26H48N6O7/c1-8-15(6)21(28)25(37)32-19(12-14(4)5)24(36)31-18(11-13(2)3)23(35)29-16(7)22(34)30-17(26(38)39)9-10-20(27)33/h13-19,21H,8-12,28H2,1-7H3,(H2,27,33)(H,29,35)(H,30,34)(H,31,36)(H,32,37)(H,38,39)/t15-,16-,17-,18-,19-,21-/m0/s1. The van der Waals surface area contributed by atoms with Crippen LogP contribution in [0.15, 0.2) is 0 Å². The summed E-state index contributed by atoms with van der Waals surface area (Å²) in [5, 5.41) is 19.5. The highest BCUT2D eigenvalue weighted by Crippen LogP contribution is 2.11. The fourth-order valence-electron chi connectivity index (χ4n) is 3.68. The normalized spacial score (nSPS) is 15.8. The Morgan fingerprint density at radius 3 is 1.54 bits per heavy atom. The van der Waals surface area contributed by atoms with Crippen LogP contribution in [0.2, 0.25) is 0 Å². The number of aliphatic carboxylic acids is 1. The van der Waals surface area contributed by atoms with Crippen LogP contribution in [0.3, 0.4) is 0 Å². The minimum atomic E-state index is -1.36. The van der Waals surface area contributed by atoms with E-state index in [9.17, 15) is 33.9 Å². The lowest BCUT2D eigenvalue weighted by Gasteiger charge is -2.27. The smallest absolute Gasteiger partial charge is 0.326 e. The molecular weight excluding hydrogens is 508 g/mol. The van der Waals surface area contributed by atoms with Crippen LogP contribution >= 0.6 is 0 Å². The van der Waals surface area contributed by atoms with Gasteiger partial charge < -0.3 is 37.8 Å². The first-order chi connectivity index (χ1) is 18.0. The summed E-state index contributed by atoms with van der Waals surface area (Å²) < 4.78 is 0. The summed E-state index contributed by atoms with van der Waals surface area (Å²) in [5.41, 5.74) is 11.1. The van der Waals surface area contributed by atoms with E-state index in [-0.39, 0.29) is 37.0 Å². The Balaban J connectivity index is 5.52. The summed E-state index contributed by atoms with van der Waals surface area (Å²) in [4.78, 5) is 73.9. The first-order valence-corrected chi connectivity index (χ1v) is 13.5. The maximum Gasteiger partial charge on any atom is 0.326 e. The molecule has 0 aromatic heterocycles. The number of hydrogen-bond acceptors (Lipinski definition) is 7. The number of carboxylic acids is 1. The van der Waals surface area contributed by atoms with Gasteiger partial charge in [0.2, 0.25) is 29.5 Å². The molecule has 224 valence electrons. The number of carbonyl (C=O) groups is 6. The van der Waals surface area contributed by atoms with Gasteiger partial charge in [-0.15, -0.1) is 0 Å². The average molecular weight is 557 g/mol. The third-order valence-corrected chi connectivity index (χ3v) is 6.29. The average Bonchev–Trinajstić information content (AvgIpc) is 2.83. The molecule has 0 aliphatic rings. The van der Waals surface area contributed by atoms with Crippen LogP contribution in [0.25, 0.3) is 0 Å². The zero-order valence-corrected chi connectivity index (χ0v) is 24.2. The van der Waals surface area contributed by atoms with Crippen molar-refractivity contribution in [3.63, 3.8) is 0 Å². The second-order valence-corrected chi connectivity index (χ2v) is 10.9. The molecule has 5 amide bonds. The molecule has 0 fully saturated rings. The van der Waals surface area contributed by atoms with Crippen molar-refractivity contribution in [3.05, 3.63) is 0 Å². The van der Waals surface area contributed by atoms with Crippen molar-refractivity contribution in [2.75, 3.05) is 0 Å². The molecule has 39 heavy (non-hydrogen) atoms. The molecule has 0 aliphatic heterocycles. The number of hydrogen-bond donors (Lipinski definition) is 7.